The zero-order valence-electron chi connectivity index (χ0n) is 16.0. The van der Waals surface area contributed by atoms with E-state index in [0.29, 0.717) is 18.5 Å². The van der Waals surface area contributed by atoms with E-state index in [1.165, 1.54) is 13.0 Å². The van der Waals surface area contributed by atoms with Gasteiger partial charge in [0, 0.05) is 5.69 Å². The van der Waals surface area contributed by atoms with Gasteiger partial charge in [0.2, 0.25) is 0 Å². The van der Waals surface area contributed by atoms with E-state index in [0.717, 1.165) is 16.7 Å². The van der Waals surface area contributed by atoms with E-state index in [4.69, 9.17) is 4.55 Å². The van der Waals surface area contributed by atoms with Crippen molar-refractivity contribution < 1.29 is 17.9 Å². The molecule has 0 aromatic heterocycles. The molecule has 0 bridgehead atoms. The highest BCUT2D eigenvalue weighted by Crippen LogP contribution is 2.28. The van der Waals surface area contributed by atoms with Crippen LogP contribution in [0.25, 0.3) is 0 Å². The second kappa shape index (κ2) is 9.58. The Kier molecular flexibility index (Phi) is 6.90. The lowest BCUT2D eigenvalue weighted by Gasteiger charge is -2.19. The number of hydrogen-bond acceptors (Lipinski definition) is 2. The van der Waals surface area contributed by atoms with Crippen molar-refractivity contribution in [1.82, 2.24) is 0 Å². The van der Waals surface area contributed by atoms with E-state index >= 15 is 0 Å². The Morgan fingerprint density at radius 1 is 1.00 bits per heavy atom. The Hall–Kier alpha value is -2.83. The van der Waals surface area contributed by atoms with Crippen LogP contribution in [0.2, 0.25) is 0 Å². The quantitative estimate of drug-likeness (QED) is 0.398. The highest BCUT2D eigenvalue weighted by molar-refractivity contribution is 7.80. The van der Waals surface area contributed by atoms with Crippen LogP contribution in [0.3, 0.4) is 0 Å². The zero-order valence-corrected chi connectivity index (χ0v) is 16.8. The largest absolute Gasteiger partial charge is 0.294 e. The molecule has 0 saturated heterocycles. The van der Waals surface area contributed by atoms with Crippen molar-refractivity contribution in [2.75, 3.05) is 4.72 Å². The summed E-state index contributed by atoms with van der Waals surface area (Å²) >= 11 is -2.15. The average molecular weight is 411 g/mol. The molecule has 2 atom stereocenters. The van der Waals surface area contributed by atoms with Crippen molar-refractivity contribution in [1.29, 1.82) is 0 Å². The van der Waals surface area contributed by atoms with Crippen LogP contribution >= 0.6 is 0 Å². The predicted molar refractivity (Wildman–Crippen MR) is 114 cm³/mol. The fourth-order valence-corrected chi connectivity index (χ4v) is 3.75. The van der Waals surface area contributed by atoms with Gasteiger partial charge in [-0.1, -0.05) is 48.5 Å². The Morgan fingerprint density at radius 3 is 2.38 bits per heavy atom. The Labute approximate surface area is 172 Å². The standard InChI is InChI=1S/C23H22FNO3S/c1-16(26)22-15-19(10-11-23(22)24)20(12-17-6-3-2-4-7-17)13-18-8-5-9-21(14-18)25-29(27)28/h2-11,14-15,20,25H,12-13H2,1H3,(H,27,28). The van der Waals surface area contributed by atoms with Gasteiger partial charge in [-0.25, -0.2) is 8.60 Å². The summed E-state index contributed by atoms with van der Waals surface area (Å²) in [6.45, 7) is 1.36. The molecule has 0 amide bonds. The average Bonchev–Trinajstić information content (AvgIpc) is 2.68. The van der Waals surface area contributed by atoms with Gasteiger partial charge < -0.3 is 0 Å². The van der Waals surface area contributed by atoms with Crippen molar-refractivity contribution in [2.45, 2.75) is 25.7 Å². The summed E-state index contributed by atoms with van der Waals surface area (Å²) in [5, 5.41) is 0. The summed E-state index contributed by atoms with van der Waals surface area (Å²) in [5.74, 6) is -0.818. The third-order valence-electron chi connectivity index (χ3n) is 4.78. The maximum atomic E-state index is 14.0. The summed E-state index contributed by atoms with van der Waals surface area (Å²) in [6, 6.07) is 22.0. The van der Waals surface area contributed by atoms with Crippen LogP contribution in [0.1, 0.15) is 39.9 Å². The van der Waals surface area contributed by atoms with E-state index in [1.54, 1.807) is 18.2 Å². The number of nitrogens with one attached hydrogen (secondary N) is 1. The molecule has 3 rings (SSSR count). The smallest absolute Gasteiger partial charge is 0.259 e. The van der Waals surface area contributed by atoms with Crippen molar-refractivity contribution in [3.05, 3.63) is 101 Å². The second-order valence-electron chi connectivity index (χ2n) is 6.94. The molecule has 4 nitrogen and oxygen atoms in total. The van der Waals surface area contributed by atoms with Crippen LogP contribution in [0.4, 0.5) is 10.1 Å². The lowest BCUT2D eigenvalue weighted by atomic mass is 9.85. The van der Waals surface area contributed by atoms with Gasteiger partial charge in [0.1, 0.15) is 5.82 Å². The molecule has 0 saturated carbocycles. The molecule has 0 aliphatic carbocycles. The summed E-state index contributed by atoms with van der Waals surface area (Å²) in [4.78, 5) is 11.8. The zero-order chi connectivity index (χ0) is 20.8. The molecule has 0 heterocycles. The van der Waals surface area contributed by atoms with Gasteiger partial charge >= 0.3 is 0 Å². The maximum absolute atomic E-state index is 14.0. The molecule has 0 aliphatic heterocycles. The number of benzene rings is 3. The number of anilines is 1. The summed E-state index contributed by atoms with van der Waals surface area (Å²) < 4.78 is 36.6. The van der Waals surface area contributed by atoms with Crippen molar-refractivity contribution >= 4 is 22.7 Å². The third kappa shape index (κ3) is 5.82. The van der Waals surface area contributed by atoms with Gasteiger partial charge in [0.05, 0.1) is 5.56 Å². The van der Waals surface area contributed by atoms with Gasteiger partial charge in [-0.05, 0) is 66.6 Å². The van der Waals surface area contributed by atoms with Gasteiger partial charge in [0.15, 0.2) is 5.78 Å². The summed E-state index contributed by atoms with van der Waals surface area (Å²) in [6.07, 6.45) is 1.35. The summed E-state index contributed by atoms with van der Waals surface area (Å²) in [5.41, 5.74) is 3.62. The lowest BCUT2D eigenvalue weighted by molar-refractivity contribution is 0.101. The fraction of sp³-hybridized carbons (Fsp3) is 0.174. The molecule has 29 heavy (non-hydrogen) atoms. The minimum Gasteiger partial charge on any atom is -0.294 e. The number of carbonyl (C=O) groups excluding carboxylic acids is 1. The lowest BCUT2D eigenvalue weighted by Crippen LogP contribution is -2.10. The number of Topliss-reactive ketones (excluding diaryl/α,β-unsaturated/α-hetero) is 1. The van der Waals surface area contributed by atoms with Gasteiger partial charge in [-0.2, -0.15) is 0 Å². The second-order valence-corrected chi connectivity index (χ2v) is 7.64. The van der Waals surface area contributed by atoms with E-state index < -0.39 is 17.1 Å². The van der Waals surface area contributed by atoms with Gasteiger partial charge in [0.25, 0.3) is 11.3 Å². The molecule has 3 aromatic carbocycles. The SMILES string of the molecule is CC(=O)c1cc(C(Cc2ccccc2)Cc2cccc(NS(=O)O)c2)ccc1F. The first kappa shape index (κ1) is 20.9. The molecule has 0 radical (unpaired) electrons. The molecule has 150 valence electrons. The molecule has 0 spiro atoms. The highest BCUT2D eigenvalue weighted by Gasteiger charge is 2.17. The molecule has 0 fully saturated rings. The van der Waals surface area contributed by atoms with Crippen LogP contribution in [0.5, 0.6) is 0 Å². The van der Waals surface area contributed by atoms with Crippen molar-refractivity contribution in [3.63, 3.8) is 0 Å². The predicted octanol–water partition coefficient (Wildman–Crippen LogP) is 5.15. The van der Waals surface area contributed by atoms with Crippen LogP contribution in [0, 0.1) is 5.82 Å². The first-order valence-electron chi connectivity index (χ1n) is 9.23. The third-order valence-corrected chi connectivity index (χ3v) is 5.19. The Bertz CT molecular complexity index is 1020. The van der Waals surface area contributed by atoms with Crippen molar-refractivity contribution in [3.8, 4) is 0 Å². The van der Waals surface area contributed by atoms with E-state index in [1.807, 2.05) is 48.5 Å². The Morgan fingerprint density at radius 2 is 1.69 bits per heavy atom. The van der Waals surface area contributed by atoms with Gasteiger partial charge in [-0.15, -0.1) is 0 Å². The minimum absolute atomic E-state index is 0.00553. The van der Waals surface area contributed by atoms with E-state index in [9.17, 15) is 13.4 Å². The molecular formula is C23H22FNO3S. The molecule has 2 unspecified atom stereocenters. The number of halogens is 1. The van der Waals surface area contributed by atoms with Gasteiger partial charge in [-0.3, -0.25) is 14.1 Å². The van der Waals surface area contributed by atoms with Crippen LogP contribution in [-0.2, 0) is 24.1 Å². The van der Waals surface area contributed by atoms with E-state index in [-0.39, 0.29) is 17.3 Å². The topological polar surface area (TPSA) is 66.4 Å². The molecule has 0 aliphatic rings. The molecule has 3 aromatic rings. The molecule has 6 heteroatoms. The number of ketones is 1. The number of rotatable bonds is 8. The molecule has 2 N–H and O–H groups in total. The molecular weight excluding hydrogens is 389 g/mol. The van der Waals surface area contributed by atoms with Crippen molar-refractivity contribution in [2.24, 2.45) is 0 Å². The van der Waals surface area contributed by atoms with Crippen LogP contribution < -0.4 is 4.72 Å². The first-order valence-corrected chi connectivity index (χ1v) is 10.3. The Balaban J connectivity index is 1.95. The maximum Gasteiger partial charge on any atom is 0.259 e. The highest BCUT2D eigenvalue weighted by atomic mass is 32.2. The van der Waals surface area contributed by atoms with E-state index in [2.05, 4.69) is 4.72 Å². The van der Waals surface area contributed by atoms with Crippen LogP contribution in [0.15, 0.2) is 72.8 Å². The monoisotopic (exact) mass is 411 g/mol. The number of hydrogen-bond donors (Lipinski definition) is 2. The normalized spacial score (nSPS) is 12.9. The fourth-order valence-electron chi connectivity index (χ4n) is 3.42. The first-order chi connectivity index (χ1) is 13.9. The van der Waals surface area contributed by atoms with Crippen LogP contribution in [-0.4, -0.2) is 14.5 Å². The minimum atomic E-state index is -2.15. The number of carbonyl (C=O) groups is 1. The summed E-state index contributed by atoms with van der Waals surface area (Å²) in [7, 11) is 0.